The summed E-state index contributed by atoms with van der Waals surface area (Å²) in [5.41, 5.74) is 1.71. The van der Waals surface area contributed by atoms with Crippen molar-refractivity contribution < 1.29 is 22.8 Å². The van der Waals surface area contributed by atoms with Gasteiger partial charge in [0.2, 0.25) is 11.8 Å². The van der Waals surface area contributed by atoms with E-state index in [0.717, 1.165) is 42.6 Å². The number of amides is 2. The highest BCUT2D eigenvalue weighted by Gasteiger charge is 2.60. The number of para-hydroxylation sites is 1. The molecule has 1 heterocycles. The molecule has 46 heavy (non-hydrogen) atoms. The summed E-state index contributed by atoms with van der Waals surface area (Å²) in [5, 5.41) is 4.64. The first-order valence-electron chi connectivity index (χ1n) is 16.9. The van der Waals surface area contributed by atoms with Gasteiger partial charge in [0.05, 0.1) is 5.56 Å². The average Bonchev–Trinajstić information content (AvgIpc) is 3.31. The van der Waals surface area contributed by atoms with Crippen LogP contribution in [0.25, 0.3) is 10.9 Å². The van der Waals surface area contributed by atoms with Crippen molar-refractivity contribution in [2.24, 2.45) is 29.1 Å². The molecule has 0 aliphatic heterocycles. The predicted molar refractivity (Wildman–Crippen MR) is 173 cm³/mol. The number of aryl methyl sites for hydroxylation is 1. The van der Waals surface area contributed by atoms with Crippen molar-refractivity contribution in [2.45, 2.75) is 109 Å². The Kier molecular flexibility index (Phi) is 7.22. The molecule has 5 aliphatic rings. The van der Waals surface area contributed by atoms with Crippen LogP contribution in [0.4, 0.5) is 13.2 Å². The predicted octanol–water partition coefficient (Wildman–Crippen LogP) is 8.52. The Morgan fingerprint density at radius 3 is 2.11 bits per heavy atom. The van der Waals surface area contributed by atoms with Crippen molar-refractivity contribution in [1.29, 1.82) is 0 Å². The molecule has 5 nitrogen and oxygen atoms in total. The van der Waals surface area contributed by atoms with Crippen molar-refractivity contribution in [3.63, 3.8) is 0 Å². The molecule has 0 unspecified atom stereocenters. The minimum absolute atomic E-state index is 0.0577. The number of benzene rings is 2. The van der Waals surface area contributed by atoms with Gasteiger partial charge in [-0.15, -0.1) is 0 Å². The zero-order valence-corrected chi connectivity index (χ0v) is 27.6. The maximum absolute atomic E-state index is 14.4. The van der Waals surface area contributed by atoms with Gasteiger partial charge in [-0.05, 0) is 124 Å². The Labute approximate surface area is 269 Å². The van der Waals surface area contributed by atoms with Crippen LogP contribution in [0.2, 0.25) is 0 Å². The van der Waals surface area contributed by atoms with Crippen LogP contribution in [0.5, 0.6) is 0 Å². The number of alkyl halides is 3. The highest BCUT2D eigenvalue weighted by Crippen LogP contribution is 2.67. The Balaban J connectivity index is 1.16. The summed E-state index contributed by atoms with van der Waals surface area (Å²) in [6.07, 6.45) is 2.56. The average molecular weight is 634 g/mol. The number of fused-ring (bicyclic) bond motifs is 1. The number of halogens is 3. The lowest BCUT2D eigenvalue weighted by Crippen LogP contribution is -2.65. The Morgan fingerprint density at radius 1 is 0.935 bits per heavy atom. The highest BCUT2D eigenvalue weighted by molar-refractivity contribution is 5.92. The van der Waals surface area contributed by atoms with E-state index in [1.807, 2.05) is 12.1 Å². The molecule has 0 radical (unpaired) electrons. The molecule has 1 aromatic heterocycles. The van der Waals surface area contributed by atoms with E-state index in [1.54, 1.807) is 18.7 Å². The monoisotopic (exact) mass is 633 g/mol. The SMILES string of the molecule is Cc1[nH]c2ccccc2c1[C@@H]1[C@H](CC(=O)N(Cc2ccc(C(F)(F)F)cc2)C(C)(C)C(=O)NC23CC4CC(CC(C4)C2)C3)C1(C)C. The molecule has 2 aromatic carbocycles. The summed E-state index contributed by atoms with van der Waals surface area (Å²) in [6, 6.07) is 13.2. The van der Waals surface area contributed by atoms with Gasteiger partial charge in [-0.25, -0.2) is 0 Å². The van der Waals surface area contributed by atoms with E-state index < -0.39 is 17.3 Å². The topological polar surface area (TPSA) is 65.2 Å². The molecular weight excluding hydrogens is 587 g/mol. The van der Waals surface area contributed by atoms with E-state index in [9.17, 15) is 22.8 Å². The number of hydrogen-bond donors (Lipinski definition) is 2. The Morgan fingerprint density at radius 2 is 1.52 bits per heavy atom. The maximum Gasteiger partial charge on any atom is 0.416 e. The first-order valence-corrected chi connectivity index (χ1v) is 16.9. The second-order valence-electron chi connectivity index (χ2n) is 16.2. The van der Waals surface area contributed by atoms with Crippen molar-refractivity contribution in [1.82, 2.24) is 15.2 Å². The highest BCUT2D eigenvalue weighted by atomic mass is 19.4. The summed E-state index contributed by atoms with van der Waals surface area (Å²) in [6.45, 7) is 10.1. The van der Waals surface area contributed by atoms with Gasteiger partial charge in [-0.2, -0.15) is 13.2 Å². The van der Waals surface area contributed by atoms with Crippen molar-refractivity contribution in [3.8, 4) is 0 Å². The van der Waals surface area contributed by atoms with Gasteiger partial charge in [-0.1, -0.05) is 44.2 Å². The van der Waals surface area contributed by atoms with Crippen LogP contribution in [-0.2, 0) is 22.3 Å². The van der Waals surface area contributed by atoms with Crippen LogP contribution < -0.4 is 5.32 Å². The molecular formula is C38H46F3N3O2. The quantitative estimate of drug-likeness (QED) is 0.261. The number of carbonyl (C=O) groups is 2. The van der Waals surface area contributed by atoms with Gasteiger partial charge in [0.1, 0.15) is 5.54 Å². The van der Waals surface area contributed by atoms with E-state index in [1.165, 1.54) is 42.3 Å². The normalized spacial score (nSPS) is 29.6. The molecule has 0 spiro atoms. The standard InChI is InChI=1S/C38H46F3N3O2/c1-22-32(28-8-6-7-9-30(28)42-22)33-29(35(33,2)3)17-31(45)44(21-23-10-12-27(13-11-23)38(39,40)41)36(4,5)34(46)43-37-18-24-14-25(19-37)16-26(15-24)20-37/h6-13,24-26,29,33,42H,14-21H2,1-5H3,(H,43,46)/t24?,25?,26?,29-,33-,37?/m0/s1. The second-order valence-corrected chi connectivity index (χ2v) is 16.2. The molecule has 4 bridgehead atoms. The first kappa shape index (κ1) is 31.3. The van der Waals surface area contributed by atoms with Gasteiger partial charge < -0.3 is 15.2 Å². The number of nitrogens with one attached hydrogen (secondary N) is 2. The van der Waals surface area contributed by atoms with E-state index in [4.69, 9.17) is 0 Å². The number of nitrogens with zero attached hydrogens (tertiary/aromatic N) is 1. The van der Waals surface area contributed by atoms with Crippen molar-refractivity contribution in [2.75, 3.05) is 0 Å². The summed E-state index contributed by atoms with van der Waals surface area (Å²) >= 11 is 0. The van der Waals surface area contributed by atoms with Gasteiger partial charge >= 0.3 is 6.18 Å². The van der Waals surface area contributed by atoms with E-state index in [-0.39, 0.29) is 47.6 Å². The van der Waals surface area contributed by atoms with Crippen molar-refractivity contribution >= 4 is 22.7 Å². The van der Waals surface area contributed by atoms with E-state index in [0.29, 0.717) is 23.3 Å². The van der Waals surface area contributed by atoms with E-state index >= 15 is 0 Å². The largest absolute Gasteiger partial charge is 0.416 e. The van der Waals surface area contributed by atoms with Gasteiger partial charge in [0.25, 0.3) is 0 Å². The lowest BCUT2D eigenvalue weighted by atomic mass is 9.53. The lowest BCUT2D eigenvalue weighted by Gasteiger charge is -2.57. The molecule has 0 saturated heterocycles. The molecule has 5 saturated carbocycles. The number of hydrogen-bond acceptors (Lipinski definition) is 2. The number of H-pyrrole nitrogens is 1. The summed E-state index contributed by atoms with van der Waals surface area (Å²) in [4.78, 5) is 33.9. The zero-order valence-electron chi connectivity index (χ0n) is 27.6. The van der Waals surface area contributed by atoms with Crippen LogP contribution >= 0.6 is 0 Å². The molecule has 3 aromatic rings. The zero-order chi connectivity index (χ0) is 32.8. The van der Waals surface area contributed by atoms with Gasteiger partial charge in [-0.3, -0.25) is 9.59 Å². The smallest absolute Gasteiger partial charge is 0.358 e. The molecule has 2 N–H and O–H groups in total. The first-order chi connectivity index (χ1) is 21.6. The van der Waals surface area contributed by atoms with Gasteiger partial charge in [0.15, 0.2) is 0 Å². The number of rotatable bonds is 8. The van der Waals surface area contributed by atoms with E-state index in [2.05, 4.69) is 43.2 Å². The molecule has 2 amide bonds. The Hall–Kier alpha value is -3.29. The lowest BCUT2D eigenvalue weighted by molar-refractivity contribution is -0.150. The molecule has 5 fully saturated rings. The summed E-state index contributed by atoms with van der Waals surface area (Å²) in [5.74, 6) is 1.88. The summed E-state index contributed by atoms with van der Waals surface area (Å²) in [7, 11) is 0. The molecule has 2 atom stereocenters. The number of carbonyl (C=O) groups excluding carboxylic acids is 2. The molecule has 5 aliphatic carbocycles. The third-order valence-corrected chi connectivity index (χ3v) is 12.3. The minimum Gasteiger partial charge on any atom is -0.358 e. The van der Waals surface area contributed by atoms with Crippen LogP contribution in [0.15, 0.2) is 48.5 Å². The molecule has 8 heteroatoms. The third-order valence-electron chi connectivity index (χ3n) is 12.3. The Bertz CT molecular complexity index is 1630. The third kappa shape index (κ3) is 5.33. The molecule has 246 valence electrons. The fourth-order valence-electron chi connectivity index (χ4n) is 10.1. The number of aromatic amines is 1. The number of aromatic nitrogens is 1. The minimum atomic E-state index is -4.45. The van der Waals surface area contributed by atoms with Gasteiger partial charge in [0, 0.05) is 35.1 Å². The summed E-state index contributed by atoms with van der Waals surface area (Å²) < 4.78 is 40.0. The van der Waals surface area contributed by atoms with Crippen LogP contribution in [0, 0.1) is 36.0 Å². The fourth-order valence-corrected chi connectivity index (χ4v) is 10.1. The van der Waals surface area contributed by atoms with Crippen LogP contribution in [0.3, 0.4) is 0 Å². The fraction of sp³-hybridized carbons (Fsp3) is 0.579. The maximum atomic E-state index is 14.4. The van der Waals surface area contributed by atoms with Crippen molar-refractivity contribution in [3.05, 3.63) is 70.9 Å². The van der Waals surface area contributed by atoms with Crippen LogP contribution in [0.1, 0.15) is 101 Å². The second kappa shape index (κ2) is 10.6. The van der Waals surface area contributed by atoms with Crippen LogP contribution in [-0.4, -0.2) is 32.8 Å². The molecule has 8 rings (SSSR count).